The number of benzene rings is 3. The molecule has 4 aromatic heterocycles. The summed E-state index contributed by atoms with van der Waals surface area (Å²) >= 11 is 0. The lowest BCUT2D eigenvalue weighted by atomic mass is 9.82. The van der Waals surface area contributed by atoms with Gasteiger partial charge in [0.2, 0.25) is 0 Å². The lowest BCUT2D eigenvalue weighted by Gasteiger charge is -2.23. The molecule has 8 rings (SSSR count). The van der Waals surface area contributed by atoms with E-state index in [1.165, 1.54) is 22.1 Å². The fourth-order valence-electron chi connectivity index (χ4n) is 6.80. The molecule has 1 aliphatic rings. The summed E-state index contributed by atoms with van der Waals surface area (Å²) in [5.74, 6) is 3.80. The molecule has 3 aromatic carbocycles. The average Bonchev–Trinajstić information content (AvgIpc) is 3.63. The number of para-hydroxylation sites is 1. The van der Waals surface area contributed by atoms with E-state index >= 15 is 0 Å². The first-order valence-electron chi connectivity index (χ1n) is 15.8. The van der Waals surface area contributed by atoms with Gasteiger partial charge in [-0.3, -0.25) is 9.55 Å². The average molecular weight is 592 g/mol. The SMILES string of the molecule is CC(C)c1ccnc(-n2c3ccccc3c3ccc(Oc4ccc5oc6c(c5c4)-c4ncc(C(C)(C)C)cc4C6(C)C)cc32)c1. The molecule has 0 saturated heterocycles. The third-order valence-electron chi connectivity index (χ3n) is 9.44. The number of furan rings is 1. The van der Waals surface area contributed by atoms with Crippen molar-refractivity contribution in [1.29, 1.82) is 0 Å². The highest BCUT2D eigenvalue weighted by Gasteiger charge is 2.42. The molecule has 0 aliphatic heterocycles. The quantitative estimate of drug-likeness (QED) is 0.204. The predicted octanol–water partition coefficient (Wildman–Crippen LogP) is 10.8. The Bertz CT molecular complexity index is 2300. The molecule has 1 aliphatic carbocycles. The summed E-state index contributed by atoms with van der Waals surface area (Å²) in [6.45, 7) is 15.6. The standard InChI is InChI=1S/C40H37N3O2/c1-23(2)24-16-17-41-35(18-24)43-32-11-9-8-10-28(32)29-14-12-27(21-33(29)43)44-26-13-15-34-30(20-26)36-37-31(40(6,7)38(36)45-34)19-25(22-42-37)39(3,4)5/h8-23H,1-7H3. The molecule has 0 radical (unpaired) electrons. The summed E-state index contributed by atoms with van der Waals surface area (Å²) in [4.78, 5) is 9.79. The second-order valence-corrected chi connectivity index (χ2v) is 14.2. The molecule has 224 valence electrons. The molecule has 5 heteroatoms. The van der Waals surface area contributed by atoms with Crippen molar-refractivity contribution in [3.05, 3.63) is 114 Å². The monoisotopic (exact) mass is 591 g/mol. The van der Waals surface area contributed by atoms with Crippen molar-refractivity contribution in [2.45, 2.75) is 65.2 Å². The second-order valence-electron chi connectivity index (χ2n) is 14.2. The molecule has 0 saturated carbocycles. The highest BCUT2D eigenvalue weighted by molar-refractivity contribution is 6.09. The molecule has 5 nitrogen and oxygen atoms in total. The van der Waals surface area contributed by atoms with Crippen LogP contribution in [0.4, 0.5) is 0 Å². The van der Waals surface area contributed by atoms with E-state index in [-0.39, 0.29) is 10.8 Å². The maximum Gasteiger partial charge on any atom is 0.137 e. The van der Waals surface area contributed by atoms with Crippen molar-refractivity contribution in [3.63, 3.8) is 0 Å². The van der Waals surface area contributed by atoms with Crippen LogP contribution in [0.5, 0.6) is 11.5 Å². The molecular formula is C40H37N3O2. The van der Waals surface area contributed by atoms with Crippen LogP contribution in [0.3, 0.4) is 0 Å². The largest absolute Gasteiger partial charge is 0.459 e. The van der Waals surface area contributed by atoms with Crippen LogP contribution >= 0.6 is 0 Å². The van der Waals surface area contributed by atoms with Crippen LogP contribution in [0.15, 0.2) is 95.7 Å². The summed E-state index contributed by atoms with van der Waals surface area (Å²) in [5, 5.41) is 3.38. The van der Waals surface area contributed by atoms with E-state index in [1.54, 1.807) is 0 Å². The topological polar surface area (TPSA) is 53.1 Å². The van der Waals surface area contributed by atoms with Crippen LogP contribution in [0, 0.1) is 0 Å². The number of nitrogens with zero attached hydrogens (tertiary/aromatic N) is 3. The zero-order valence-electron chi connectivity index (χ0n) is 26.9. The molecule has 0 amide bonds. The summed E-state index contributed by atoms with van der Waals surface area (Å²) in [7, 11) is 0. The number of fused-ring (bicyclic) bond motifs is 8. The maximum atomic E-state index is 6.58. The van der Waals surface area contributed by atoms with Gasteiger partial charge in [0.15, 0.2) is 0 Å². The Labute approximate surface area is 263 Å². The first kappa shape index (κ1) is 27.6. The Morgan fingerprint density at radius 2 is 1.56 bits per heavy atom. The van der Waals surface area contributed by atoms with Gasteiger partial charge < -0.3 is 9.15 Å². The number of hydrogen-bond donors (Lipinski definition) is 0. The van der Waals surface area contributed by atoms with Crippen molar-refractivity contribution in [2.24, 2.45) is 0 Å². The van der Waals surface area contributed by atoms with Gasteiger partial charge in [-0.25, -0.2) is 4.98 Å². The molecule has 7 aromatic rings. The van der Waals surface area contributed by atoms with Crippen LogP contribution in [-0.2, 0) is 10.8 Å². The van der Waals surface area contributed by atoms with Crippen LogP contribution in [0.2, 0.25) is 0 Å². The van der Waals surface area contributed by atoms with Crippen molar-refractivity contribution in [1.82, 2.24) is 14.5 Å². The molecule has 0 unspecified atom stereocenters. The third-order valence-corrected chi connectivity index (χ3v) is 9.44. The van der Waals surface area contributed by atoms with Gasteiger partial charge in [-0.2, -0.15) is 0 Å². The summed E-state index contributed by atoms with van der Waals surface area (Å²) < 4.78 is 15.3. The minimum atomic E-state index is -0.279. The number of rotatable bonds is 4. The number of ether oxygens (including phenoxy) is 1. The van der Waals surface area contributed by atoms with E-state index in [4.69, 9.17) is 19.1 Å². The summed E-state index contributed by atoms with van der Waals surface area (Å²) in [6, 6.07) is 27.5. The Hall–Kier alpha value is -4.90. The van der Waals surface area contributed by atoms with Gasteiger partial charge in [0.25, 0.3) is 0 Å². The van der Waals surface area contributed by atoms with Gasteiger partial charge >= 0.3 is 0 Å². The Balaban J connectivity index is 1.23. The van der Waals surface area contributed by atoms with E-state index in [0.717, 1.165) is 61.7 Å². The van der Waals surface area contributed by atoms with E-state index in [0.29, 0.717) is 5.92 Å². The highest BCUT2D eigenvalue weighted by Crippen LogP contribution is 2.53. The molecule has 0 spiro atoms. The van der Waals surface area contributed by atoms with Crippen LogP contribution in [0.1, 0.15) is 76.8 Å². The zero-order valence-corrected chi connectivity index (χ0v) is 26.9. The maximum absolute atomic E-state index is 6.58. The van der Waals surface area contributed by atoms with E-state index in [9.17, 15) is 0 Å². The number of pyridine rings is 2. The fraction of sp³-hybridized carbons (Fsp3) is 0.250. The molecular weight excluding hydrogens is 554 g/mol. The first-order valence-corrected chi connectivity index (χ1v) is 15.8. The first-order chi connectivity index (χ1) is 21.5. The molecule has 0 fully saturated rings. The van der Waals surface area contributed by atoms with E-state index < -0.39 is 0 Å². The number of hydrogen-bond acceptors (Lipinski definition) is 4. The minimum absolute atomic E-state index is 0.0189. The molecule has 45 heavy (non-hydrogen) atoms. The third kappa shape index (κ3) is 4.21. The molecule has 4 heterocycles. The summed E-state index contributed by atoms with van der Waals surface area (Å²) in [6.07, 6.45) is 3.92. The normalized spacial score (nSPS) is 14.0. The lowest BCUT2D eigenvalue weighted by Crippen LogP contribution is -2.18. The second kappa shape index (κ2) is 9.55. The predicted molar refractivity (Wildman–Crippen MR) is 183 cm³/mol. The molecule has 0 bridgehead atoms. The van der Waals surface area contributed by atoms with Gasteiger partial charge in [0, 0.05) is 34.6 Å². The fourth-order valence-corrected chi connectivity index (χ4v) is 6.80. The van der Waals surface area contributed by atoms with Crippen molar-refractivity contribution >= 4 is 32.8 Å². The molecule has 0 N–H and O–H groups in total. The van der Waals surface area contributed by atoms with Crippen molar-refractivity contribution in [2.75, 3.05) is 0 Å². The molecule has 0 atom stereocenters. The summed E-state index contributed by atoms with van der Waals surface area (Å²) in [5.41, 5.74) is 8.54. The minimum Gasteiger partial charge on any atom is -0.459 e. The number of aromatic nitrogens is 3. The van der Waals surface area contributed by atoms with Gasteiger partial charge in [0.1, 0.15) is 28.7 Å². The van der Waals surface area contributed by atoms with Crippen molar-refractivity contribution < 1.29 is 9.15 Å². The van der Waals surface area contributed by atoms with Gasteiger partial charge in [0.05, 0.1) is 27.7 Å². The van der Waals surface area contributed by atoms with E-state index in [1.807, 2.05) is 24.5 Å². The van der Waals surface area contributed by atoms with Gasteiger partial charge in [-0.05, 0) is 90.4 Å². The van der Waals surface area contributed by atoms with Gasteiger partial charge in [-0.15, -0.1) is 0 Å². The highest BCUT2D eigenvalue weighted by atomic mass is 16.5. The van der Waals surface area contributed by atoms with Crippen molar-refractivity contribution in [3.8, 4) is 28.6 Å². The van der Waals surface area contributed by atoms with Gasteiger partial charge in [-0.1, -0.05) is 58.9 Å². The van der Waals surface area contributed by atoms with Crippen LogP contribution in [0.25, 0.3) is 49.9 Å². The smallest absolute Gasteiger partial charge is 0.137 e. The van der Waals surface area contributed by atoms with Crippen LogP contribution in [-0.4, -0.2) is 14.5 Å². The Morgan fingerprint density at radius 1 is 0.800 bits per heavy atom. The zero-order chi connectivity index (χ0) is 31.2. The van der Waals surface area contributed by atoms with E-state index in [2.05, 4.69) is 120 Å². The Kier molecular flexibility index (Phi) is 5.86. The Morgan fingerprint density at radius 3 is 2.36 bits per heavy atom. The van der Waals surface area contributed by atoms with Crippen LogP contribution < -0.4 is 4.74 Å². The lowest BCUT2D eigenvalue weighted by molar-refractivity contribution is 0.462.